The van der Waals surface area contributed by atoms with E-state index in [4.69, 9.17) is 14.2 Å². The standard InChI is InChI=1S/C22H29N3O7S/c1-22(2,3)32-21(27)25-18-14-16(8-11-19(18)31-5)24-20(26)15-6-9-17(10-7-15)33(28,29)23-12-13-30-4/h6-11,14,23H,12-13H2,1-5H3,(H,24,26)(H,25,27). The number of anilines is 2. The zero-order valence-electron chi connectivity index (χ0n) is 19.2. The molecular weight excluding hydrogens is 450 g/mol. The molecular formula is C22H29N3O7S. The van der Waals surface area contributed by atoms with Crippen molar-refractivity contribution in [2.24, 2.45) is 0 Å². The number of sulfonamides is 1. The van der Waals surface area contributed by atoms with Gasteiger partial charge in [0.25, 0.3) is 5.91 Å². The fourth-order valence-electron chi connectivity index (χ4n) is 2.65. The minimum Gasteiger partial charge on any atom is -0.495 e. The Morgan fingerprint density at radius 2 is 1.64 bits per heavy atom. The monoisotopic (exact) mass is 479 g/mol. The lowest BCUT2D eigenvalue weighted by Gasteiger charge is -2.20. The molecule has 0 aliphatic rings. The number of hydrogen-bond acceptors (Lipinski definition) is 7. The summed E-state index contributed by atoms with van der Waals surface area (Å²) in [5.74, 6) is -0.0749. The maximum absolute atomic E-state index is 12.6. The van der Waals surface area contributed by atoms with E-state index in [1.807, 2.05) is 0 Å². The molecule has 0 saturated carbocycles. The number of benzene rings is 2. The Balaban J connectivity index is 2.12. The molecule has 0 aliphatic heterocycles. The summed E-state index contributed by atoms with van der Waals surface area (Å²) in [6, 6.07) is 10.2. The second kappa shape index (κ2) is 11.1. The van der Waals surface area contributed by atoms with Gasteiger partial charge < -0.3 is 19.5 Å². The number of carbonyl (C=O) groups excluding carboxylic acids is 2. The van der Waals surface area contributed by atoms with Crippen molar-refractivity contribution in [1.29, 1.82) is 0 Å². The summed E-state index contributed by atoms with van der Waals surface area (Å²) < 4.78 is 42.2. The van der Waals surface area contributed by atoms with Crippen molar-refractivity contribution in [2.45, 2.75) is 31.3 Å². The van der Waals surface area contributed by atoms with Crippen molar-refractivity contribution in [3.63, 3.8) is 0 Å². The van der Waals surface area contributed by atoms with Gasteiger partial charge in [0, 0.05) is 24.9 Å². The molecule has 2 aromatic rings. The van der Waals surface area contributed by atoms with E-state index >= 15 is 0 Å². The third kappa shape index (κ3) is 8.04. The molecule has 2 rings (SSSR count). The van der Waals surface area contributed by atoms with E-state index in [1.165, 1.54) is 44.6 Å². The first-order valence-electron chi connectivity index (χ1n) is 10.0. The molecule has 33 heavy (non-hydrogen) atoms. The average Bonchev–Trinajstić information content (AvgIpc) is 2.73. The Bertz CT molecular complexity index is 1080. The third-order valence-corrected chi connectivity index (χ3v) is 5.59. The molecule has 11 heteroatoms. The van der Waals surface area contributed by atoms with Crippen LogP contribution in [0.3, 0.4) is 0 Å². The molecule has 0 heterocycles. The summed E-state index contributed by atoms with van der Waals surface area (Å²) in [7, 11) is -0.774. The number of hydrogen-bond donors (Lipinski definition) is 3. The number of ether oxygens (including phenoxy) is 3. The molecule has 0 atom stereocenters. The predicted molar refractivity (Wildman–Crippen MR) is 124 cm³/mol. The molecule has 10 nitrogen and oxygen atoms in total. The van der Waals surface area contributed by atoms with E-state index in [1.54, 1.807) is 32.9 Å². The summed E-state index contributed by atoms with van der Waals surface area (Å²) in [6.07, 6.45) is -0.666. The largest absolute Gasteiger partial charge is 0.495 e. The smallest absolute Gasteiger partial charge is 0.412 e. The number of methoxy groups -OCH3 is 2. The van der Waals surface area contributed by atoms with E-state index in [-0.39, 0.29) is 23.6 Å². The maximum atomic E-state index is 12.6. The number of rotatable bonds is 9. The number of amides is 2. The van der Waals surface area contributed by atoms with Crippen LogP contribution in [0.1, 0.15) is 31.1 Å². The molecule has 0 aliphatic carbocycles. The van der Waals surface area contributed by atoms with Gasteiger partial charge in [-0.25, -0.2) is 17.9 Å². The lowest BCUT2D eigenvalue weighted by Crippen LogP contribution is -2.27. The van der Waals surface area contributed by atoms with Crippen molar-refractivity contribution in [3.05, 3.63) is 48.0 Å². The van der Waals surface area contributed by atoms with Crippen LogP contribution in [0.4, 0.5) is 16.2 Å². The molecule has 2 aromatic carbocycles. The van der Waals surface area contributed by atoms with Gasteiger partial charge in [-0.05, 0) is 63.2 Å². The normalized spacial score (nSPS) is 11.5. The predicted octanol–water partition coefficient (Wildman–Crippen LogP) is 3.22. The van der Waals surface area contributed by atoms with Gasteiger partial charge >= 0.3 is 6.09 Å². The summed E-state index contributed by atoms with van der Waals surface area (Å²) in [4.78, 5) is 24.8. The van der Waals surface area contributed by atoms with Crippen LogP contribution >= 0.6 is 0 Å². The van der Waals surface area contributed by atoms with E-state index in [0.717, 1.165) is 0 Å². The Morgan fingerprint density at radius 3 is 2.21 bits per heavy atom. The second-order valence-corrected chi connectivity index (χ2v) is 9.68. The SMILES string of the molecule is COCCNS(=O)(=O)c1ccc(C(=O)Nc2ccc(OC)c(NC(=O)OC(C)(C)C)c2)cc1. The Hall–Kier alpha value is -3.15. The Kier molecular flexibility index (Phi) is 8.80. The first-order chi connectivity index (χ1) is 15.4. The van der Waals surface area contributed by atoms with Gasteiger partial charge in [0.2, 0.25) is 10.0 Å². The summed E-state index contributed by atoms with van der Waals surface area (Å²) in [6.45, 7) is 5.61. The molecule has 0 radical (unpaired) electrons. The van der Waals surface area contributed by atoms with E-state index < -0.39 is 27.6 Å². The quantitative estimate of drug-likeness (QED) is 0.471. The highest BCUT2D eigenvalue weighted by Crippen LogP contribution is 2.28. The van der Waals surface area contributed by atoms with E-state index in [0.29, 0.717) is 17.1 Å². The van der Waals surface area contributed by atoms with Crippen LogP contribution in [0, 0.1) is 0 Å². The van der Waals surface area contributed by atoms with E-state index in [9.17, 15) is 18.0 Å². The van der Waals surface area contributed by atoms with Gasteiger partial charge in [-0.3, -0.25) is 10.1 Å². The van der Waals surface area contributed by atoms with Crippen LogP contribution < -0.4 is 20.1 Å². The van der Waals surface area contributed by atoms with Gasteiger partial charge in [-0.2, -0.15) is 0 Å². The molecule has 180 valence electrons. The molecule has 0 bridgehead atoms. The zero-order valence-corrected chi connectivity index (χ0v) is 20.0. The second-order valence-electron chi connectivity index (χ2n) is 7.91. The van der Waals surface area contributed by atoms with Crippen molar-refractivity contribution in [1.82, 2.24) is 4.72 Å². The Labute approximate surface area is 193 Å². The summed E-state index contributed by atoms with van der Waals surface area (Å²) in [5, 5.41) is 5.30. The third-order valence-electron chi connectivity index (χ3n) is 4.12. The van der Waals surface area contributed by atoms with Crippen LogP contribution in [-0.4, -0.2) is 53.4 Å². The first-order valence-corrected chi connectivity index (χ1v) is 11.5. The minimum absolute atomic E-state index is 0.0310. The highest BCUT2D eigenvalue weighted by Gasteiger charge is 2.18. The van der Waals surface area contributed by atoms with Gasteiger partial charge in [0.1, 0.15) is 11.4 Å². The van der Waals surface area contributed by atoms with E-state index in [2.05, 4.69) is 15.4 Å². The number of carbonyl (C=O) groups is 2. The lowest BCUT2D eigenvalue weighted by molar-refractivity contribution is 0.0635. The van der Waals surface area contributed by atoms with Gasteiger partial charge in [0.15, 0.2) is 0 Å². The Morgan fingerprint density at radius 1 is 0.970 bits per heavy atom. The van der Waals surface area contributed by atoms with Crippen LogP contribution in [-0.2, 0) is 19.5 Å². The van der Waals surface area contributed by atoms with Gasteiger partial charge in [-0.1, -0.05) is 0 Å². The fourth-order valence-corrected chi connectivity index (χ4v) is 3.66. The van der Waals surface area contributed by atoms with Crippen molar-refractivity contribution >= 4 is 33.4 Å². The summed E-state index contributed by atoms with van der Waals surface area (Å²) >= 11 is 0. The average molecular weight is 480 g/mol. The van der Waals surface area contributed by atoms with Crippen molar-refractivity contribution in [2.75, 3.05) is 38.0 Å². The van der Waals surface area contributed by atoms with Crippen LogP contribution in [0.2, 0.25) is 0 Å². The van der Waals surface area contributed by atoms with Crippen LogP contribution in [0.5, 0.6) is 5.75 Å². The minimum atomic E-state index is -3.70. The first kappa shape index (κ1) is 26.1. The maximum Gasteiger partial charge on any atom is 0.412 e. The molecule has 0 saturated heterocycles. The van der Waals surface area contributed by atoms with Crippen LogP contribution in [0.25, 0.3) is 0 Å². The molecule has 3 N–H and O–H groups in total. The van der Waals surface area contributed by atoms with Crippen molar-refractivity contribution in [3.8, 4) is 5.75 Å². The highest BCUT2D eigenvalue weighted by molar-refractivity contribution is 7.89. The molecule has 0 spiro atoms. The molecule has 0 unspecified atom stereocenters. The fraction of sp³-hybridized carbons (Fsp3) is 0.364. The van der Waals surface area contributed by atoms with Crippen molar-refractivity contribution < 1.29 is 32.2 Å². The van der Waals surface area contributed by atoms with Gasteiger partial charge in [-0.15, -0.1) is 0 Å². The molecule has 0 fully saturated rings. The lowest BCUT2D eigenvalue weighted by atomic mass is 10.2. The summed E-state index contributed by atoms with van der Waals surface area (Å²) in [5.41, 5.74) is 0.281. The molecule has 2 amide bonds. The zero-order chi connectivity index (χ0) is 24.6. The number of nitrogens with one attached hydrogen (secondary N) is 3. The molecule has 0 aromatic heterocycles. The van der Waals surface area contributed by atoms with Crippen LogP contribution in [0.15, 0.2) is 47.4 Å². The van der Waals surface area contributed by atoms with Gasteiger partial charge in [0.05, 0.1) is 24.3 Å². The highest BCUT2D eigenvalue weighted by atomic mass is 32.2. The topological polar surface area (TPSA) is 132 Å².